The molecule has 0 radical (unpaired) electrons. The van der Waals surface area contributed by atoms with E-state index < -0.39 is 23.8 Å². The van der Waals surface area contributed by atoms with Gasteiger partial charge in [-0.3, -0.25) is 23.9 Å². The van der Waals surface area contributed by atoms with Crippen LogP contribution in [0.1, 0.15) is 48.2 Å². The molecule has 1 aliphatic carbocycles. The predicted octanol–water partition coefficient (Wildman–Crippen LogP) is 5.31. The van der Waals surface area contributed by atoms with Gasteiger partial charge in [-0.25, -0.2) is 18.0 Å². The Bertz CT molecular complexity index is 1580. The minimum Gasteiger partial charge on any atom is -0.494 e. The predicted molar refractivity (Wildman–Crippen MR) is 139 cm³/mol. The molecular formula is C27H25ClF3N5O3. The molecule has 0 bridgehead atoms. The number of halogens is 4. The highest BCUT2D eigenvalue weighted by Crippen LogP contribution is 2.29. The Morgan fingerprint density at radius 3 is 2.62 bits per heavy atom. The summed E-state index contributed by atoms with van der Waals surface area (Å²) in [5.74, 6) is -1.00. The van der Waals surface area contributed by atoms with Crippen molar-refractivity contribution in [2.45, 2.75) is 44.7 Å². The summed E-state index contributed by atoms with van der Waals surface area (Å²) >= 11 is 5.88. The van der Waals surface area contributed by atoms with Crippen molar-refractivity contribution in [3.8, 4) is 11.4 Å². The highest BCUT2D eigenvalue weighted by Gasteiger charge is 2.27. The maximum absolute atomic E-state index is 14.4. The third-order valence-electron chi connectivity index (χ3n) is 7.08. The van der Waals surface area contributed by atoms with Crippen LogP contribution in [0, 0.1) is 11.7 Å². The van der Waals surface area contributed by atoms with E-state index in [1.54, 1.807) is 29.1 Å². The zero-order valence-corrected chi connectivity index (χ0v) is 21.7. The number of hydrogen-bond acceptors (Lipinski definition) is 5. The van der Waals surface area contributed by atoms with Gasteiger partial charge in [-0.2, -0.15) is 0 Å². The van der Waals surface area contributed by atoms with Crippen molar-refractivity contribution in [3.05, 3.63) is 81.5 Å². The first-order chi connectivity index (χ1) is 18.8. The van der Waals surface area contributed by atoms with Crippen molar-refractivity contribution >= 4 is 28.5 Å². The number of hydrogen-bond donors (Lipinski definition) is 1. The van der Waals surface area contributed by atoms with Gasteiger partial charge in [-0.1, -0.05) is 11.6 Å². The third kappa shape index (κ3) is 5.36. The number of nitrogens with one attached hydrogen (secondary N) is 1. The molecule has 0 atom stereocenters. The molecule has 1 N–H and O–H groups in total. The van der Waals surface area contributed by atoms with Crippen LogP contribution in [0.5, 0.6) is 5.75 Å². The molecule has 12 heteroatoms. The van der Waals surface area contributed by atoms with Gasteiger partial charge < -0.3 is 10.1 Å². The Hall–Kier alpha value is -3.86. The van der Waals surface area contributed by atoms with Crippen LogP contribution in [0.25, 0.3) is 16.7 Å². The molecule has 0 saturated heterocycles. The number of alkyl halides is 2. The number of benzene rings is 1. The van der Waals surface area contributed by atoms with E-state index in [4.69, 9.17) is 16.3 Å². The van der Waals surface area contributed by atoms with Crippen LogP contribution >= 0.6 is 11.6 Å². The van der Waals surface area contributed by atoms with Crippen molar-refractivity contribution in [2.24, 2.45) is 5.92 Å². The monoisotopic (exact) mass is 559 g/mol. The number of imidazole rings is 1. The molecule has 3 aromatic heterocycles. The van der Waals surface area contributed by atoms with Gasteiger partial charge in [-0.05, 0) is 55.9 Å². The molecule has 1 fully saturated rings. The molecule has 0 unspecified atom stereocenters. The Morgan fingerprint density at radius 2 is 1.92 bits per heavy atom. The average Bonchev–Trinajstić information content (AvgIpc) is 3.20. The van der Waals surface area contributed by atoms with Crippen LogP contribution in [-0.4, -0.2) is 38.2 Å². The van der Waals surface area contributed by atoms with E-state index in [2.05, 4.69) is 15.3 Å². The number of methoxy groups -OCH3 is 1. The largest absolute Gasteiger partial charge is 0.494 e. The topological polar surface area (TPSA) is 91.0 Å². The summed E-state index contributed by atoms with van der Waals surface area (Å²) in [5.41, 5.74) is 0.439. The lowest BCUT2D eigenvalue weighted by atomic mass is 9.85. The molecule has 0 aliphatic heterocycles. The van der Waals surface area contributed by atoms with E-state index in [0.29, 0.717) is 48.9 Å². The number of pyridine rings is 2. The minimum absolute atomic E-state index is 0.0783. The Morgan fingerprint density at radius 1 is 1.15 bits per heavy atom. The van der Waals surface area contributed by atoms with Crippen molar-refractivity contribution < 1.29 is 22.7 Å². The Kier molecular flexibility index (Phi) is 7.60. The molecule has 3 heterocycles. The summed E-state index contributed by atoms with van der Waals surface area (Å²) in [7, 11) is 1.37. The molecular weight excluding hydrogens is 535 g/mol. The third-order valence-corrected chi connectivity index (χ3v) is 7.29. The zero-order chi connectivity index (χ0) is 27.7. The summed E-state index contributed by atoms with van der Waals surface area (Å²) in [5, 5.41) is 2.93. The van der Waals surface area contributed by atoms with Crippen LogP contribution in [0.15, 0.2) is 53.7 Å². The number of nitrogens with zero attached hydrogens (tertiary/aromatic N) is 4. The summed E-state index contributed by atoms with van der Waals surface area (Å²) in [4.78, 5) is 34.0. The molecule has 1 aromatic carbocycles. The summed E-state index contributed by atoms with van der Waals surface area (Å²) < 4.78 is 49.1. The quantitative estimate of drug-likeness (QED) is 0.331. The zero-order valence-electron chi connectivity index (χ0n) is 20.9. The highest BCUT2D eigenvalue weighted by molar-refractivity contribution is 6.30. The van der Waals surface area contributed by atoms with Gasteiger partial charge in [0, 0.05) is 31.0 Å². The second-order valence-electron chi connectivity index (χ2n) is 9.49. The number of amides is 1. The van der Waals surface area contributed by atoms with Crippen molar-refractivity contribution in [1.82, 2.24) is 24.4 Å². The second-order valence-corrected chi connectivity index (χ2v) is 9.93. The minimum atomic E-state index is -2.90. The Labute approximate surface area is 226 Å². The second kappa shape index (κ2) is 11.1. The number of ether oxygens (including phenoxy) is 1. The number of aromatic nitrogens is 4. The molecule has 1 saturated carbocycles. The van der Waals surface area contributed by atoms with E-state index >= 15 is 0 Å². The fraction of sp³-hybridized carbons (Fsp3) is 0.333. The first-order valence-electron chi connectivity index (χ1n) is 12.4. The number of carbonyl (C=O) groups is 1. The Balaban J connectivity index is 1.31. The van der Waals surface area contributed by atoms with Crippen LogP contribution in [-0.2, 0) is 6.54 Å². The molecule has 0 spiro atoms. The lowest BCUT2D eigenvalue weighted by Gasteiger charge is -2.29. The molecule has 1 amide bonds. The van der Waals surface area contributed by atoms with Gasteiger partial charge >= 0.3 is 5.69 Å². The maximum atomic E-state index is 14.4. The number of carbonyl (C=O) groups excluding carboxylic acids is 1. The van der Waals surface area contributed by atoms with Crippen LogP contribution < -0.4 is 15.7 Å². The highest BCUT2D eigenvalue weighted by atomic mass is 35.5. The van der Waals surface area contributed by atoms with Crippen molar-refractivity contribution in [1.29, 1.82) is 0 Å². The van der Waals surface area contributed by atoms with Crippen LogP contribution in [0.4, 0.5) is 13.2 Å². The van der Waals surface area contributed by atoms with E-state index in [-0.39, 0.29) is 34.0 Å². The van der Waals surface area contributed by atoms with Gasteiger partial charge in [0.05, 0.1) is 40.6 Å². The normalized spacial score (nSPS) is 17.5. The van der Waals surface area contributed by atoms with Crippen LogP contribution in [0.3, 0.4) is 0 Å². The number of fused-ring (bicyclic) bond motifs is 1. The van der Waals surface area contributed by atoms with Gasteiger partial charge in [0.1, 0.15) is 5.69 Å². The lowest BCUT2D eigenvalue weighted by molar-refractivity contribution is 0.0904. The molecule has 4 aromatic rings. The average molecular weight is 560 g/mol. The lowest BCUT2D eigenvalue weighted by Crippen LogP contribution is -2.39. The standard InChI is InChI=1S/C27H25ClF3N5O3/c1-39-23-7-6-18(11-20(23)29)36-22-13-32-9-8-21(22)35(27(36)38)14-15-2-4-17(5-3-15)34-26(37)19-10-16(28)12-33-24(19)25(30)31/h6-13,15,17,25H,2-5,14H2,1H3,(H,34,37)/t15-,17-. The summed E-state index contributed by atoms with van der Waals surface area (Å²) in [6.07, 6.45) is 4.01. The fourth-order valence-electron chi connectivity index (χ4n) is 5.14. The van der Waals surface area contributed by atoms with E-state index in [0.717, 1.165) is 6.20 Å². The summed E-state index contributed by atoms with van der Waals surface area (Å²) in [6.45, 7) is 0.430. The molecule has 39 heavy (non-hydrogen) atoms. The first-order valence-corrected chi connectivity index (χ1v) is 12.8. The van der Waals surface area contributed by atoms with Gasteiger partial charge in [0.15, 0.2) is 11.6 Å². The van der Waals surface area contributed by atoms with Crippen LogP contribution in [0.2, 0.25) is 5.02 Å². The van der Waals surface area contributed by atoms with Gasteiger partial charge in [0.2, 0.25) is 0 Å². The summed E-state index contributed by atoms with van der Waals surface area (Å²) in [6, 6.07) is 7.07. The maximum Gasteiger partial charge on any atom is 0.333 e. The smallest absolute Gasteiger partial charge is 0.333 e. The van der Waals surface area contributed by atoms with E-state index in [1.807, 2.05) is 0 Å². The molecule has 204 valence electrons. The SMILES string of the molecule is COc1ccc(-n2c(=O)n(C[C@H]3CC[C@H](NC(=O)c4cc(Cl)cnc4C(F)F)CC3)c3ccncc32)cc1F. The van der Waals surface area contributed by atoms with Gasteiger partial charge in [0.25, 0.3) is 12.3 Å². The fourth-order valence-corrected chi connectivity index (χ4v) is 5.30. The van der Waals surface area contributed by atoms with E-state index in [9.17, 15) is 22.8 Å². The molecule has 1 aliphatic rings. The van der Waals surface area contributed by atoms with Crippen molar-refractivity contribution in [2.75, 3.05) is 7.11 Å². The molecule has 8 nitrogen and oxygen atoms in total. The number of rotatable bonds is 7. The first kappa shape index (κ1) is 26.7. The molecule has 5 rings (SSSR count). The van der Waals surface area contributed by atoms with Crippen molar-refractivity contribution in [3.63, 3.8) is 0 Å². The van der Waals surface area contributed by atoms with E-state index in [1.165, 1.54) is 29.9 Å². The van der Waals surface area contributed by atoms with Gasteiger partial charge in [-0.15, -0.1) is 0 Å².